The molecule has 0 fully saturated rings. The highest BCUT2D eigenvalue weighted by atomic mass is 32.1. The Morgan fingerprint density at radius 2 is 1.86 bits per heavy atom. The number of hydrogen-bond donors (Lipinski definition) is 2. The quantitative estimate of drug-likeness (QED) is 0.633. The van der Waals surface area contributed by atoms with E-state index < -0.39 is 5.82 Å². The van der Waals surface area contributed by atoms with Gasteiger partial charge in [0.1, 0.15) is 11.6 Å². The molecule has 0 unspecified atom stereocenters. The summed E-state index contributed by atoms with van der Waals surface area (Å²) in [6.45, 7) is 1.34. The second kappa shape index (κ2) is 8.71. The topological polar surface area (TPSA) is 71.1 Å². The van der Waals surface area contributed by atoms with Crippen LogP contribution in [0.15, 0.2) is 47.8 Å². The molecule has 144 valence electrons. The molecule has 0 aliphatic rings. The van der Waals surface area contributed by atoms with Crippen molar-refractivity contribution in [2.75, 3.05) is 10.6 Å². The highest BCUT2D eigenvalue weighted by molar-refractivity contribution is 7.14. The van der Waals surface area contributed by atoms with Crippen LogP contribution in [0.1, 0.15) is 18.9 Å². The van der Waals surface area contributed by atoms with Crippen LogP contribution >= 0.6 is 11.3 Å². The van der Waals surface area contributed by atoms with Gasteiger partial charge in [-0.25, -0.2) is 13.8 Å². The Labute approximate surface area is 164 Å². The lowest BCUT2D eigenvalue weighted by Crippen LogP contribution is -2.12. The van der Waals surface area contributed by atoms with Gasteiger partial charge in [0.25, 0.3) is 0 Å². The van der Waals surface area contributed by atoms with Gasteiger partial charge in [-0.1, -0.05) is 18.2 Å². The molecule has 0 aliphatic carbocycles. The summed E-state index contributed by atoms with van der Waals surface area (Å²) in [5.74, 6) is -1.47. The van der Waals surface area contributed by atoms with Crippen LogP contribution in [0.3, 0.4) is 0 Å². The van der Waals surface area contributed by atoms with E-state index in [1.54, 1.807) is 29.6 Å². The van der Waals surface area contributed by atoms with Crippen molar-refractivity contribution in [3.8, 4) is 11.3 Å². The van der Waals surface area contributed by atoms with Crippen LogP contribution in [-0.2, 0) is 16.0 Å². The number of nitrogens with zero attached hydrogens (tertiary/aromatic N) is 1. The fraction of sp³-hybridized carbons (Fsp3) is 0.150. The summed E-state index contributed by atoms with van der Waals surface area (Å²) in [5, 5.41) is 7.11. The number of rotatable bonds is 6. The van der Waals surface area contributed by atoms with Gasteiger partial charge in [0.2, 0.25) is 11.8 Å². The predicted molar refractivity (Wildman–Crippen MR) is 105 cm³/mol. The first-order valence-corrected chi connectivity index (χ1v) is 9.36. The van der Waals surface area contributed by atoms with E-state index in [9.17, 15) is 18.4 Å². The van der Waals surface area contributed by atoms with Crippen molar-refractivity contribution in [3.63, 3.8) is 0 Å². The molecule has 0 radical (unpaired) electrons. The van der Waals surface area contributed by atoms with Crippen LogP contribution in [-0.4, -0.2) is 16.8 Å². The molecule has 8 heteroatoms. The van der Waals surface area contributed by atoms with E-state index in [-0.39, 0.29) is 36.0 Å². The van der Waals surface area contributed by atoms with Gasteiger partial charge in [0.15, 0.2) is 5.13 Å². The molecule has 1 heterocycles. The molecular formula is C20H17F2N3O2S. The lowest BCUT2D eigenvalue weighted by atomic mass is 10.1. The third-order valence-corrected chi connectivity index (χ3v) is 4.65. The van der Waals surface area contributed by atoms with Crippen LogP contribution in [0.2, 0.25) is 0 Å². The largest absolute Gasteiger partial charge is 0.326 e. The third kappa shape index (κ3) is 4.98. The summed E-state index contributed by atoms with van der Waals surface area (Å²) in [6, 6.07) is 10.6. The molecular weight excluding hydrogens is 384 g/mol. The summed E-state index contributed by atoms with van der Waals surface area (Å²) >= 11 is 1.17. The van der Waals surface area contributed by atoms with Gasteiger partial charge in [0.05, 0.1) is 5.69 Å². The minimum Gasteiger partial charge on any atom is -0.326 e. The van der Waals surface area contributed by atoms with E-state index in [0.29, 0.717) is 22.1 Å². The minimum absolute atomic E-state index is 0.107. The average Bonchev–Trinajstić information content (AvgIpc) is 3.08. The number of amides is 2. The lowest BCUT2D eigenvalue weighted by Gasteiger charge is -2.05. The minimum atomic E-state index is -0.533. The first-order chi connectivity index (χ1) is 13.4. The van der Waals surface area contributed by atoms with Gasteiger partial charge in [-0.05, 0) is 36.2 Å². The van der Waals surface area contributed by atoms with Crippen LogP contribution in [0, 0.1) is 11.6 Å². The SMILES string of the molecule is CC(=O)Nc1ccc(-c2csc(NC(=O)CCc3ccccc3F)n2)c(F)c1. The zero-order valence-electron chi connectivity index (χ0n) is 15.0. The first-order valence-electron chi connectivity index (χ1n) is 8.48. The maximum absolute atomic E-state index is 14.3. The van der Waals surface area contributed by atoms with Crippen molar-refractivity contribution in [1.29, 1.82) is 0 Å². The number of carbonyl (C=O) groups excluding carboxylic acids is 2. The van der Waals surface area contributed by atoms with Crippen molar-refractivity contribution >= 4 is 34.0 Å². The maximum Gasteiger partial charge on any atom is 0.226 e. The fourth-order valence-electron chi connectivity index (χ4n) is 2.59. The molecule has 2 N–H and O–H groups in total. The zero-order chi connectivity index (χ0) is 20.1. The zero-order valence-corrected chi connectivity index (χ0v) is 15.8. The molecule has 2 amide bonds. The monoisotopic (exact) mass is 401 g/mol. The molecule has 0 bridgehead atoms. The number of carbonyl (C=O) groups is 2. The molecule has 3 rings (SSSR count). The number of benzene rings is 2. The van der Waals surface area contributed by atoms with Crippen molar-refractivity contribution in [2.45, 2.75) is 19.8 Å². The van der Waals surface area contributed by atoms with Crippen molar-refractivity contribution in [1.82, 2.24) is 4.98 Å². The third-order valence-electron chi connectivity index (χ3n) is 3.90. The van der Waals surface area contributed by atoms with Gasteiger partial charge >= 0.3 is 0 Å². The molecule has 0 saturated heterocycles. The summed E-state index contributed by atoms with van der Waals surface area (Å²) in [4.78, 5) is 27.3. The van der Waals surface area contributed by atoms with Gasteiger partial charge in [-0.3, -0.25) is 9.59 Å². The second-order valence-electron chi connectivity index (χ2n) is 6.05. The molecule has 28 heavy (non-hydrogen) atoms. The van der Waals surface area contributed by atoms with E-state index in [0.717, 1.165) is 0 Å². The Hall–Kier alpha value is -3.13. The molecule has 0 spiro atoms. The van der Waals surface area contributed by atoms with Crippen molar-refractivity contribution in [3.05, 3.63) is 65.0 Å². The molecule has 0 atom stereocenters. The number of nitrogens with one attached hydrogen (secondary N) is 2. The van der Waals surface area contributed by atoms with E-state index in [1.807, 2.05) is 0 Å². The maximum atomic E-state index is 14.3. The normalized spacial score (nSPS) is 10.5. The van der Waals surface area contributed by atoms with Gasteiger partial charge in [0, 0.05) is 30.0 Å². The van der Waals surface area contributed by atoms with Crippen molar-refractivity contribution in [2.24, 2.45) is 0 Å². The number of thiazole rings is 1. The van der Waals surface area contributed by atoms with Crippen LogP contribution in [0.25, 0.3) is 11.3 Å². The first kappa shape index (κ1) is 19.6. The second-order valence-corrected chi connectivity index (χ2v) is 6.91. The highest BCUT2D eigenvalue weighted by Gasteiger charge is 2.13. The number of hydrogen-bond acceptors (Lipinski definition) is 4. The molecule has 1 aromatic heterocycles. The van der Waals surface area contributed by atoms with Gasteiger partial charge in [-0.2, -0.15) is 0 Å². The van der Waals surface area contributed by atoms with Gasteiger partial charge < -0.3 is 10.6 Å². The predicted octanol–water partition coefficient (Wildman–Crippen LogP) is 4.62. The summed E-state index contributed by atoms with van der Waals surface area (Å²) in [7, 11) is 0. The standard InChI is InChI=1S/C20H17F2N3O2S/c1-12(26)23-14-7-8-15(17(22)10-14)18-11-28-20(24-18)25-19(27)9-6-13-4-2-3-5-16(13)21/h2-5,7-8,10-11H,6,9H2,1H3,(H,23,26)(H,24,25,27). The Bertz CT molecular complexity index is 1020. The van der Waals surface area contributed by atoms with E-state index in [2.05, 4.69) is 15.6 Å². The smallest absolute Gasteiger partial charge is 0.226 e. The summed E-state index contributed by atoms with van der Waals surface area (Å²) in [5.41, 5.74) is 1.46. The molecule has 0 saturated carbocycles. The fourth-order valence-corrected chi connectivity index (χ4v) is 3.32. The summed E-state index contributed by atoms with van der Waals surface area (Å²) in [6.07, 6.45) is 0.381. The lowest BCUT2D eigenvalue weighted by molar-refractivity contribution is -0.116. The van der Waals surface area contributed by atoms with E-state index >= 15 is 0 Å². The molecule has 3 aromatic rings. The Morgan fingerprint density at radius 3 is 2.57 bits per heavy atom. The number of aryl methyl sites for hydroxylation is 1. The molecule has 0 aliphatic heterocycles. The van der Waals surface area contributed by atoms with Crippen LogP contribution < -0.4 is 10.6 Å². The van der Waals surface area contributed by atoms with Crippen LogP contribution in [0.4, 0.5) is 19.6 Å². The van der Waals surface area contributed by atoms with Crippen molar-refractivity contribution < 1.29 is 18.4 Å². The average molecular weight is 401 g/mol. The number of aromatic nitrogens is 1. The highest BCUT2D eigenvalue weighted by Crippen LogP contribution is 2.28. The summed E-state index contributed by atoms with van der Waals surface area (Å²) < 4.78 is 27.9. The Kier molecular flexibility index (Phi) is 6.10. The van der Waals surface area contributed by atoms with E-state index in [4.69, 9.17) is 0 Å². The van der Waals surface area contributed by atoms with Gasteiger partial charge in [-0.15, -0.1) is 11.3 Å². The Morgan fingerprint density at radius 1 is 1.07 bits per heavy atom. The molecule has 2 aromatic carbocycles. The van der Waals surface area contributed by atoms with Crippen LogP contribution in [0.5, 0.6) is 0 Å². The number of anilines is 2. The Balaban J connectivity index is 1.63. The number of halogens is 2. The molecule has 5 nitrogen and oxygen atoms in total. The van der Waals surface area contributed by atoms with E-state index in [1.165, 1.54) is 36.5 Å².